The fourth-order valence-electron chi connectivity index (χ4n) is 0.740. The number of hydrogen-bond donors (Lipinski definition) is 0. The minimum atomic E-state index is -4.49. The Balaban J connectivity index is 4.26. The van der Waals surface area contributed by atoms with Gasteiger partial charge in [0.2, 0.25) is 0 Å². The van der Waals surface area contributed by atoms with Crippen LogP contribution in [0.25, 0.3) is 0 Å². The molecule has 0 heterocycles. The van der Waals surface area contributed by atoms with Gasteiger partial charge < -0.3 is 4.74 Å². The second kappa shape index (κ2) is 4.89. The third kappa shape index (κ3) is 4.55. The zero-order chi connectivity index (χ0) is 10.5. The lowest BCUT2D eigenvalue weighted by Crippen LogP contribution is -2.33. The van der Waals surface area contributed by atoms with E-state index in [2.05, 4.69) is 11.3 Å². The molecule has 0 saturated heterocycles. The topological polar surface area (TPSA) is 26.3 Å². The molecule has 0 rings (SSSR count). The fraction of sp³-hybridized carbons (Fsp3) is 0.625. The van der Waals surface area contributed by atoms with Crippen LogP contribution in [0.2, 0.25) is 0 Å². The number of ether oxygens (including phenoxy) is 1. The minimum absolute atomic E-state index is 0.219. The van der Waals surface area contributed by atoms with Crippen LogP contribution in [-0.4, -0.2) is 18.2 Å². The van der Waals surface area contributed by atoms with Crippen molar-refractivity contribution in [3.63, 3.8) is 0 Å². The Kier molecular flexibility index (Phi) is 4.51. The second-order valence-corrected chi connectivity index (χ2v) is 2.46. The van der Waals surface area contributed by atoms with E-state index in [9.17, 15) is 18.0 Å². The van der Waals surface area contributed by atoms with E-state index in [4.69, 9.17) is 0 Å². The molecule has 0 radical (unpaired) electrons. The van der Waals surface area contributed by atoms with Crippen molar-refractivity contribution in [1.29, 1.82) is 0 Å². The number of carbonyl (C=O) groups excluding carboxylic acids is 1. The molecular weight excluding hydrogens is 185 g/mol. The van der Waals surface area contributed by atoms with Crippen LogP contribution in [0, 0.1) is 0 Å². The molecule has 0 saturated carbocycles. The van der Waals surface area contributed by atoms with Crippen LogP contribution >= 0.6 is 0 Å². The summed E-state index contributed by atoms with van der Waals surface area (Å²) in [6.07, 6.45) is -5.70. The predicted octanol–water partition coefficient (Wildman–Crippen LogP) is 2.45. The van der Waals surface area contributed by atoms with Gasteiger partial charge in [-0.1, -0.05) is 19.9 Å². The van der Waals surface area contributed by atoms with Crippen LogP contribution in [0.1, 0.15) is 19.8 Å². The smallest absolute Gasteiger partial charge is 0.425 e. The summed E-state index contributed by atoms with van der Waals surface area (Å²) in [5.74, 6) is -1.05. The molecule has 13 heavy (non-hydrogen) atoms. The van der Waals surface area contributed by atoms with Gasteiger partial charge in [0.25, 0.3) is 0 Å². The zero-order valence-corrected chi connectivity index (χ0v) is 7.23. The van der Waals surface area contributed by atoms with E-state index in [1.54, 1.807) is 6.92 Å². The lowest BCUT2D eigenvalue weighted by Gasteiger charge is -2.18. The average Bonchev–Trinajstić information content (AvgIpc) is 2.01. The Bertz CT molecular complexity index is 186. The average molecular weight is 196 g/mol. The maximum absolute atomic E-state index is 12.1. The summed E-state index contributed by atoms with van der Waals surface area (Å²) in [5.41, 5.74) is 0. The maximum Gasteiger partial charge on any atom is 0.425 e. The van der Waals surface area contributed by atoms with Gasteiger partial charge in [0, 0.05) is 6.08 Å². The normalized spacial score (nSPS) is 13.5. The van der Waals surface area contributed by atoms with Crippen LogP contribution in [0.4, 0.5) is 13.2 Å². The molecule has 76 valence electrons. The third-order valence-corrected chi connectivity index (χ3v) is 1.34. The van der Waals surface area contributed by atoms with Crippen LogP contribution in [0.5, 0.6) is 0 Å². The van der Waals surface area contributed by atoms with Gasteiger partial charge in [-0.2, -0.15) is 13.2 Å². The SMILES string of the molecule is C=CC(=O)OC(CCC)C(F)(F)F. The molecule has 5 heteroatoms. The van der Waals surface area contributed by atoms with E-state index in [1.165, 1.54) is 0 Å². The minimum Gasteiger partial charge on any atom is -0.450 e. The van der Waals surface area contributed by atoms with Crippen molar-refractivity contribution in [3.8, 4) is 0 Å². The van der Waals surface area contributed by atoms with Gasteiger partial charge in [-0.3, -0.25) is 0 Å². The highest BCUT2D eigenvalue weighted by Gasteiger charge is 2.41. The van der Waals surface area contributed by atoms with E-state index in [0.717, 1.165) is 0 Å². The highest BCUT2D eigenvalue weighted by atomic mass is 19.4. The van der Waals surface area contributed by atoms with Crippen LogP contribution < -0.4 is 0 Å². The Labute approximate surface area is 74.4 Å². The van der Waals surface area contributed by atoms with Gasteiger partial charge in [0.15, 0.2) is 6.10 Å². The molecule has 0 aromatic heterocycles. The Morgan fingerprint density at radius 1 is 1.62 bits per heavy atom. The number of hydrogen-bond acceptors (Lipinski definition) is 2. The summed E-state index contributed by atoms with van der Waals surface area (Å²) in [7, 11) is 0. The van der Waals surface area contributed by atoms with Gasteiger partial charge >= 0.3 is 12.1 Å². The van der Waals surface area contributed by atoms with E-state index in [0.29, 0.717) is 12.5 Å². The molecule has 0 amide bonds. The summed E-state index contributed by atoms with van der Waals surface area (Å²) in [6, 6.07) is 0. The lowest BCUT2D eigenvalue weighted by atomic mass is 10.2. The van der Waals surface area contributed by atoms with E-state index < -0.39 is 18.2 Å². The Morgan fingerprint density at radius 2 is 2.15 bits per heavy atom. The first-order valence-corrected chi connectivity index (χ1v) is 3.81. The molecule has 0 spiro atoms. The van der Waals surface area contributed by atoms with Crippen molar-refractivity contribution in [2.75, 3.05) is 0 Å². The third-order valence-electron chi connectivity index (χ3n) is 1.34. The Hall–Kier alpha value is -1.00. The zero-order valence-electron chi connectivity index (χ0n) is 7.23. The van der Waals surface area contributed by atoms with Gasteiger partial charge in [-0.25, -0.2) is 4.79 Å². The second-order valence-electron chi connectivity index (χ2n) is 2.46. The van der Waals surface area contributed by atoms with E-state index in [-0.39, 0.29) is 6.42 Å². The predicted molar refractivity (Wildman–Crippen MR) is 41.0 cm³/mol. The van der Waals surface area contributed by atoms with Gasteiger partial charge in [-0.05, 0) is 6.42 Å². The summed E-state index contributed by atoms with van der Waals surface area (Å²) in [6.45, 7) is 4.60. The van der Waals surface area contributed by atoms with Crippen LogP contribution in [0.3, 0.4) is 0 Å². The first-order chi connectivity index (χ1) is 5.91. The lowest BCUT2D eigenvalue weighted by molar-refractivity contribution is -0.220. The first kappa shape index (κ1) is 12.0. The Morgan fingerprint density at radius 3 is 2.46 bits per heavy atom. The van der Waals surface area contributed by atoms with Crippen molar-refractivity contribution in [2.24, 2.45) is 0 Å². The molecule has 0 bridgehead atoms. The molecule has 0 aliphatic carbocycles. The van der Waals surface area contributed by atoms with Crippen molar-refractivity contribution in [2.45, 2.75) is 32.0 Å². The molecule has 0 aromatic carbocycles. The molecule has 0 aliphatic heterocycles. The monoisotopic (exact) mass is 196 g/mol. The standard InChI is InChI=1S/C8H11F3O2/c1-3-5-6(8(9,10)11)13-7(12)4-2/h4,6H,2-3,5H2,1H3. The van der Waals surface area contributed by atoms with Crippen LogP contribution in [0.15, 0.2) is 12.7 Å². The van der Waals surface area contributed by atoms with E-state index >= 15 is 0 Å². The quantitative estimate of drug-likeness (QED) is 0.510. The molecule has 0 aromatic rings. The molecule has 0 fully saturated rings. The van der Waals surface area contributed by atoms with Crippen molar-refractivity contribution < 1.29 is 22.7 Å². The van der Waals surface area contributed by atoms with Crippen molar-refractivity contribution in [1.82, 2.24) is 0 Å². The number of carbonyl (C=O) groups is 1. The van der Waals surface area contributed by atoms with Crippen LogP contribution in [-0.2, 0) is 9.53 Å². The molecule has 2 nitrogen and oxygen atoms in total. The molecule has 1 unspecified atom stereocenters. The molecule has 0 N–H and O–H groups in total. The summed E-state index contributed by atoms with van der Waals surface area (Å²) >= 11 is 0. The molecule has 0 aliphatic rings. The number of halogens is 3. The maximum atomic E-state index is 12.1. The van der Waals surface area contributed by atoms with Gasteiger partial charge in [-0.15, -0.1) is 0 Å². The number of alkyl halides is 3. The summed E-state index contributed by atoms with van der Waals surface area (Å²) in [5, 5.41) is 0. The van der Waals surface area contributed by atoms with Crippen molar-refractivity contribution in [3.05, 3.63) is 12.7 Å². The highest BCUT2D eigenvalue weighted by Crippen LogP contribution is 2.26. The summed E-state index contributed by atoms with van der Waals surface area (Å²) < 4.78 is 40.4. The van der Waals surface area contributed by atoms with Gasteiger partial charge in [0.05, 0.1) is 0 Å². The number of esters is 1. The van der Waals surface area contributed by atoms with E-state index in [1.807, 2.05) is 0 Å². The summed E-state index contributed by atoms with van der Waals surface area (Å²) in [4.78, 5) is 10.5. The highest BCUT2D eigenvalue weighted by molar-refractivity contribution is 5.81. The number of rotatable bonds is 4. The first-order valence-electron chi connectivity index (χ1n) is 3.81. The molecule has 1 atom stereocenters. The van der Waals surface area contributed by atoms with Crippen molar-refractivity contribution >= 4 is 5.97 Å². The fourth-order valence-corrected chi connectivity index (χ4v) is 0.740. The van der Waals surface area contributed by atoms with Gasteiger partial charge in [0.1, 0.15) is 0 Å². The molecular formula is C8H11F3O2. The largest absolute Gasteiger partial charge is 0.450 e.